The summed E-state index contributed by atoms with van der Waals surface area (Å²) in [6.45, 7) is 3.70. The molecular weight excluding hydrogens is 384 g/mol. The van der Waals surface area contributed by atoms with Gasteiger partial charge in [-0.25, -0.2) is 19.7 Å². The first-order valence-electron chi connectivity index (χ1n) is 9.05. The van der Waals surface area contributed by atoms with Gasteiger partial charge in [-0.2, -0.15) is 5.10 Å². The van der Waals surface area contributed by atoms with Gasteiger partial charge in [-0.15, -0.1) is 6.58 Å². The third-order valence-electron chi connectivity index (χ3n) is 4.45. The van der Waals surface area contributed by atoms with Gasteiger partial charge in [-0.1, -0.05) is 24.3 Å². The zero-order valence-corrected chi connectivity index (χ0v) is 16.1. The van der Waals surface area contributed by atoms with Crippen LogP contribution in [0.3, 0.4) is 0 Å². The molecule has 4 aromatic rings. The van der Waals surface area contributed by atoms with Crippen molar-refractivity contribution in [3.63, 3.8) is 0 Å². The number of aromatic amines is 1. The molecule has 0 saturated carbocycles. The van der Waals surface area contributed by atoms with Crippen molar-refractivity contribution in [3.05, 3.63) is 67.1 Å². The minimum atomic E-state index is -1.22. The van der Waals surface area contributed by atoms with Gasteiger partial charge in [0, 0.05) is 23.7 Å². The predicted molar refractivity (Wildman–Crippen MR) is 112 cm³/mol. The molecule has 0 fully saturated rings. The molecule has 150 valence electrons. The van der Waals surface area contributed by atoms with Gasteiger partial charge >= 0.3 is 6.09 Å². The van der Waals surface area contributed by atoms with Gasteiger partial charge in [0.2, 0.25) is 0 Å². The van der Waals surface area contributed by atoms with E-state index in [1.165, 1.54) is 13.3 Å². The van der Waals surface area contributed by atoms with E-state index in [-0.39, 0.29) is 17.4 Å². The average molecular weight is 402 g/mol. The number of benzene rings is 1. The third-order valence-corrected chi connectivity index (χ3v) is 4.45. The Bertz CT molecular complexity index is 1240. The second-order valence-electron chi connectivity index (χ2n) is 6.32. The van der Waals surface area contributed by atoms with Crippen LogP contribution in [0.1, 0.15) is 5.69 Å². The average Bonchev–Trinajstić information content (AvgIpc) is 3.18. The van der Waals surface area contributed by atoms with E-state index < -0.39 is 6.09 Å². The van der Waals surface area contributed by atoms with Crippen LogP contribution in [0.25, 0.3) is 22.4 Å². The number of nitrogens with zero attached hydrogens (tertiary/aromatic N) is 5. The van der Waals surface area contributed by atoms with Crippen molar-refractivity contribution in [3.8, 4) is 17.3 Å². The number of H-pyrrole nitrogens is 1. The number of nitrogens with one attached hydrogen (secondary N) is 1. The van der Waals surface area contributed by atoms with Crippen LogP contribution < -0.4 is 9.64 Å². The largest absolute Gasteiger partial charge is 0.491 e. The lowest BCUT2D eigenvalue weighted by molar-refractivity contribution is 0.204. The molecule has 3 heterocycles. The van der Waals surface area contributed by atoms with E-state index in [0.29, 0.717) is 23.5 Å². The summed E-state index contributed by atoms with van der Waals surface area (Å²) >= 11 is 0. The Balaban J connectivity index is 1.87. The molecule has 0 unspecified atom stereocenters. The van der Waals surface area contributed by atoms with E-state index in [4.69, 9.17) is 4.74 Å². The number of methoxy groups -OCH3 is 1. The van der Waals surface area contributed by atoms with Crippen molar-refractivity contribution in [2.75, 3.05) is 12.0 Å². The Morgan fingerprint density at radius 2 is 2.13 bits per heavy atom. The Hall–Kier alpha value is -4.27. The van der Waals surface area contributed by atoms with Gasteiger partial charge in [0.1, 0.15) is 5.69 Å². The number of aromatic nitrogens is 5. The normalized spacial score (nSPS) is 10.7. The fourth-order valence-corrected chi connectivity index (χ4v) is 3.10. The molecule has 3 aromatic heterocycles. The van der Waals surface area contributed by atoms with Crippen LogP contribution in [0.15, 0.2) is 61.4 Å². The molecule has 30 heavy (non-hydrogen) atoms. The Kier molecular flexibility index (Phi) is 5.08. The van der Waals surface area contributed by atoms with Gasteiger partial charge in [-0.3, -0.25) is 10.1 Å². The first-order chi connectivity index (χ1) is 14.6. The quantitative estimate of drug-likeness (QED) is 0.469. The van der Waals surface area contributed by atoms with E-state index in [1.807, 2.05) is 24.3 Å². The fraction of sp³-hybridized carbons (Fsp3) is 0.0952. The molecule has 0 saturated heterocycles. The van der Waals surface area contributed by atoms with Crippen molar-refractivity contribution in [1.29, 1.82) is 0 Å². The Labute approximate surface area is 171 Å². The molecule has 4 rings (SSSR count). The number of carboxylic acid groups (broad SMARTS) is 1. The minimum Gasteiger partial charge on any atom is -0.491 e. The van der Waals surface area contributed by atoms with Gasteiger partial charge < -0.3 is 9.84 Å². The summed E-state index contributed by atoms with van der Waals surface area (Å²) in [5.74, 6) is 0.566. The monoisotopic (exact) mass is 402 g/mol. The zero-order valence-electron chi connectivity index (χ0n) is 16.1. The Morgan fingerprint density at radius 3 is 2.90 bits per heavy atom. The number of anilines is 2. The van der Waals surface area contributed by atoms with E-state index >= 15 is 0 Å². The molecule has 0 aliphatic carbocycles. The number of para-hydroxylation sites is 1. The van der Waals surface area contributed by atoms with Gasteiger partial charge in [0.05, 0.1) is 24.5 Å². The lowest BCUT2D eigenvalue weighted by Gasteiger charge is -2.21. The van der Waals surface area contributed by atoms with Crippen molar-refractivity contribution in [2.24, 2.45) is 0 Å². The van der Waals surface area contributed by atoms with E-state index in [2.05, 4.69) is 31.7 Å². The van der Waals surface area contributed by atoms with E-state index in [0.717, 1.165) is 15.8 Å². The van der Waals surface area contributed by atoms with Crippen LogP contribution in [0.2, 0.25) is 0 Å². The molecule has 1 aromatic carbocycles. The molecular formula is C21H18N6O3. The van der Waals surface area contributed by atoms with Gasteiger partial charge in [-0.05, 0) is 18.2 Å². The summed E-state index contributed by atoms with van der Waals surface area (Å²) in [5.41, 5.74) is 2.40. The Morgan fingerprint density at radius 1 is 1.30 bits per heavy atom. The summed E-state index contributed by atoms with van der Waals surface area (Å²) in [7, 11) is 1.43. The van der Waals surface area contributed by atoms with Crippen LogP contribution in [0.5, 0.6) is 5.75 Å². The maximum atomic E-state index is 12.2. The number of hydrogen-bond donors (Lipinski definition) is 2. The van der Waals surface area contributed by atoms with Crippen LogP contribution in [0, 0.1) is 0 Å². The molecule has 0 aliphatic rings. The number of ether oxygens (including phenoxy) is 1. The highest BCUT2D eigenvalue weighted by Gasteiger charge is 2.25. The number of rotatable bonds is 6. The smallest absolute Gasteiger partial charge is 0.417 e. The first-order valence-corrected chi connectivity index (χ1v) is 9.05. The summed E-state index contributed by atoms with van der Waals surface area (Å²) in [5, 5.41) is 18.0. The number of allylic oxidation sites excluding steroid dienone is 1. The molecule has 1 amide bonds. The lowest BCUT2D eigenvalue weighted by atomic mass is 10.2. The van der Waals surface area contributed by atoms with Crippen molar-refractivity contribution < 1.29 is 14.6 Å². The predicted octanol–water partition coefficient (Wildman–Crippen LogP) is 3.97. The summed E-state index contributed by atoms with van der Waals surface area (Å²) in [6, 6.07) is 10.8. The minimum absolute atomic E-state index is 0.0813. The number of pyridine rings is 1. The van der Waals surface area contributed by atoms with Gasteiger partial charge in [0.15, 0.2) is 17.4 Å². The van der Waals surface area contributed by atoms with Crippen LogP contribution in [-0.2, 0) is 6.42 Å². The van der Waals surface area contributed by atoms with E-state index in [1.54, 1.807) is 24.4 Å². The maximum absolute atomic E-state index is 12.2. The summed E-state index contributed by atoms with van der Waals surface area (Å²) < 4.78 is 5.35. The summed E-state index contributed by atoms with van der Waals surface area (Å²) in [4.78, 5) is 26.3. The van der Waals surface area contributed by atoms with Crippen molar-refractivity contribution in [1.82, 2.24) is 25.1 Å². The molecule has 0 atom stereocenters. The molecule has 0 radical (unpaired) electrons. The number of carbonyl (C=O) groups is 1. The van der Waals surface area contributed by atoms with Crippen LogP contribution in [-0.4, -0.2) is 43.5 Å². The standard InChI is InChI=1S/C21H18N6O3/c1-3-6-13-11-14(9-10-22-13)27(21(28)29)20-17(30-2)12-23-19(24-20)18-15-7-4-5-8-16(15)25-26-18/h3-5,7-12H,1,6H2,2H3,(H,25,26)(H,28,29). The second kappa shape index (κ2) is 8.00. The SMILES string of the molecule is C=CCc1cc(N(C(=O)O)c2nc(-c3n[nH]c4ccccc34)ncc2OC)ccn1. The zero-order chi connectivity index (χ0) is 21.1. The highest BCUT2D eigenvalue weighted by atomic mass is 16.5. The van der Waals surface area contributed by atoms with Crippen molar-refractivity contribution >= 4 is 28.5 Å². The molecule has 0 bridgehead atoms. The molecule has 9 heteroatoms. The van der Waals surface area contributed by atoms with E-state index in [9.17, 15) is 9.90 Å². The third kappa shape index (κ3) is 3.44. The van der Waals surface area contributed by atoms with Crippen molar-refractivity contribution in [2.45, 2.75) is 6.42 Å². The number of fused-ring (bicyclic) bond motifs is 1. The van der Waals surface area contributed by atoms with Crippen LogP contribution in [0.4, 0.5) is 16.3 Å². The second-order valence-corrected chi connectivity index (χ2v) is 6.32. The summed E-state index contributed by atoms with van der Waals surface area (Å²) in [6.07, 6.45) is 3.96. The molecule has 0 aliphatic heterocycles. The first kappa shape index (κ1) is 19.1. The maximum Gasteiger partial charge on any atom is 0.417 e. The fourth-order valence-electron chi connectivity index (χ4n) is 3.10. The lowest BCUT2D eigenvalue weighted by Crippen LogP contribution is -2.25. The molecule has 0 spiro atoms. The molecule has 9 nitrogen and oxygen atoms in total. The highest BCUT2D eigenvalue weighted by molar-refractivity contribution is 5.96. The number of amides is 1. The van der Waals surface area contributed by atoms with Gasteiger partial charge in [0.25, 0.3) is 0 Å². The van der Waals surface area contributed by atoms with Crippen LogP contribution >= 0.6 is 0 Å². The topological polar surface area (TPSA) is 117 Å². The number of hydrogen-bond acceptors (Lipinski definition) is 6. The highest BCUT2D eigenvalue weighted by Crippen LogP contribution is 2.34. The molecule has 2 N–H and O–H groups in total.